The molecule has 3 aromatic rings. The quantitative estimate of drug-likeness (QED) is 0.381. The molecule has 0 saturated heterocycles. The fourth-order valence-electron chi connectivity index (χ4n) is 4.85. The number of hydrogen-bond acceptors (Lipinski definition) is 8. The SMILES string of the molecule is CN(c1c(C#N)c(=O)n(C)c2ccc(C#N)nc12)C1CCC(/C(=N/OC(C)(C)C)c2ccccn2)CC1. The lowest BCUT2D eigenvalue weighted by atomic mass is 9.81. The zero-order valence-corrected chi connectivity index (χ0v) is 21.9. The van der Waals surface area contributed by atoms with E-state index >= 15 is 0 Å². The van der Waals surface area contributed by atoms with Gasteiger partial charge in [0.25, 0.3) is 5.56 Å². The predicted octanol–water partition coefficient (Wildman–Crippen LogP) is 4.29. The van der Waals surface area contributed by atoms with Crippen molar-refractivity contribution in [3.05, 3.63) is 63.8 Å². The van der Waals surface area contributed by atoms with Crippen molar-refractivity contribution in [3.8, 4) is 12.1 Å². The van der Waals surface area contributed by atoms with Gasteiger partial charge in [0.1, 0.15) is 40.2 Å². The van der Waals surface area contributed by atoms with Crippen molar-refractivity contribution < 1.29 is 4.84 Å². The van der Waals surface area contributed by atoms with Crippen LogP contribution in [0.1, 0.15) is 63.4 Å². The van der Waals surface area contributed by atoms with Crippen molar-refractivity contribution in [2.45, 2.75) is 58.1 Å². The molecule has 0 aromatic carbocycles. The van der Waals surface area contributed by atoms with Gasteiger partial charge in [-0.15, -0.1) is 0 Å². The molecule has 3 heterocycles. The molecule has 4 rings (SSSR count). The average molecular weight is 498 g/mol. The van der Waals surface area contributed by atoms with Crippen LogP contribution in [-0.4, -0.2) is 38.9 Å². The number of aromatic nitrogens is 3. The molecule has 1 aliphatic carbocycles. The molecular formula is C28H31N7O2. The fraction of sp³-hybridized carbons (Fsp3) is 0.429. The van der Waals surface area contributed by atoms with Gasteiger partial charge in [0.05, 0.1) is 16.9 Å². The van der Waals surface area contributed by atoms with Gasteiger partial charge < -0.3 is 14.3 Å². The number of anilines is 1. The Labute approximate surface area is 216 Å². The molecule has 0 radical (unpaired) electrons. The Balaban J connectivity index is 1.66. The Kier molecular flexibility index (Phi) is 7.26. The minimum atomic E-state index is -0.416. The summed E-state index contributed by atoms with van der Waals surface area (Å²) in [7, 11) is 3.52. The first kappa shape index (κ1) is 25.8. The summed E-state index contributed by atoms with van der Waals surface area (Å²) < 4.78 is 1.42. The van der Waals surface area contributed by atoms with Crippen LogP contribution in [0.25, 0.3) is 11.0 Å². The minimum Gasteiger partial charge on any atom is -0.390 e. The summed E-state index contributed by atoms with van der Waals surface area (Å²) in [5, 5.41) is 23.9. The van der Waals surface area contributed by atoms with E-state index in [2.05, 4.69) is 27.3 Å². The number of hydrogen-bond donors (Lipinski definition) is 0. The van der Waals surface area contributed by atoms with Gasteiger partial charge in [-0.3, -0.25) is 9.78 Å². The highest BCUT2D eigenvalue weighted by Gasteiger charge is 2.31. The molecule has 0 N–H and O–H groups in total. The standard InChI is InChI=1S/C28H31N7O2/c1-28(2,3)37-33-24(22-8-6-7-15-31-22)18-9-12-20(13-10-18)34(4)26-21(17-30)27(36)35(5)23-14-11-19(16-29)32-25(23)26/h6-8,11,14-15,18,20H,9-10,12-13H2,1-5H3/b33-24-. The van der Waals surface area contributed by atoms with Crippen LogP contribution in [0.2, 0.25) is 0 Å². The molecule has 0 bridgehead atoms. The predicted molar refractivity (Wildman–Crippen MR) is 142 cm³/mol. The minimum absolute atomic E-state index is 0.0385. The Morgan fingerprint density at radius 3 is 2.46 bits per heavy atom. The van der Waals surface area contributed by atoms with Crippen LogP contribution in [0.15, 0.2) is 46.5 Å². The summed E-state index contributed by atoms with van der Waals surface area (Å²) >= 11 is 0. The van der Waals surface area contributed by atoms with Crippen molar-refractivity contribution in [1.82, 2.24) is 14.5 Å². The Morgan fingerprint density at radius 2 is 1.86 bits per heavy atom. The summed E-state index contributed by atoms with van der Waals surface area (Å²) in [5.41, 5.74) is 2.69. The number of aryl methyl sites for hydroxylation is 1. The normalized spacial score (nSPS) is 18.2. The molecule has 3 aromatic heterocycles. The van der Waals surface area contributed by atoms with E-state index in [0.717, 1.165) is 37.1 Å². The first-order chi connectivity index (χ1) is 17.6. The molecular weight excluding hydrogens is 466 g/mol. The van der Waals surface area contributed by atoms with E-state index < -0.39 is 5.60 Å². The highest BCUT2D eigenvalue weighted by molar-refractivity contribution is 6.00. The zero-order valence-electron chi connectivity index (χ0n) is 21.9. The number of nitrogens with zero attached hydrogens (tertiary/aromatic N) is 7. The van der Waals surface area contributed by atoms with E-state index in [4.69, 9.17) is 4.84 Å². The third-order valence-electron chi connectivity index (χ3n) is 6.77. The number of nitriles is 2. The molecule has 9 heteroatoms. The van der Waals surface area contributed by atoms with Gasteiger partial charge in [-0.1, -0.05) is 11.2 Å². The third kappa shape index (κ3) is 5.31. The summed E-state index contributed by atoms with van der Waals surface area (Å²) in [6, 6.07) is 13.3. The zero-order chi connectivity index (χ0) is 26.7. The molecule has 37 heavy (non-hydrogen) atoms. The average Bonchev–Trinajstić information content (AvgIpc) is 2.90. The lowest BCUT2D eigenvalue weighted by molar-refractivity contribution is -0.0000712. The fourth-order valence-corrected chi connectivity index (χ4v) is 4.85. The van der Waals surface area contributed by atoms with Gasteiger partial charge in [0.2, 0.25) is 0 Å². The molecule has 1 aliphatic rings. The highest BCUT2D eigenvalue weighted by atomic mass is 16.6. The van der Waals surface area contributed by atoms with Crippen molar-refractivity contribution in [2.24, 2.45) is 18.1 Å². The molecule has 0 atom stereocenters. The maximum atomic E-state index is 13.0. The number of fused-ring (bicyclic) bond motifs is 1. The number of rotatable bonds is 5. The van der Waals surface area contributed by atoms with E-state index in [9.17, 15) is 15.3 Å². The maximum Gasteiger partial charge on any atom is 0.270 e. The lowest BCUT2D eigenvalue weighted by Crippen LogP contribution is -2.39. The molecule has 1 fully saturated rings. The van der Waals surface area contributed by atoms with Gasteiger partial charge in [-0.2, -0.15) is 10.5 Å². The summed E-state index contributed by atoms with van der Waals surface area (Å²) in [6.07, 6.45) is 5.09. The van der Waals surface area contributed by atoms with E-state index in [1.165, 1.54) is 4.57 Å². The molecule has 9 nitrogen and oxygen atoms in total. The first-order valence-electron chi connectivity index (χ1n) is 12.4. The summed E-state index contributed by atoms with van der Waals surface area (Å²) in [4.78, 5) is 29.8. The van der Waals surface area contributed by atoms with E-state index in [-0.39, 0.29) is 28.8 Å². The second-order valence-electron chi connectivity index (χ2n) is 10.4. The van der Waals surface area contributed by atoms with Gasteiger partial charge >= 0.3 is 0 Å². The van der Waals surface area contributed by atoms with Gasteiger partial charge in [-0.25, -0.2) is 4.98 Å². The van der Waals surface area contributed by atoms with Gasteiger partial charge in [-0.05, 0) is 70.7 Å². The Bertz CT molecular complexity index is 1470. The topological polar surface area (TPSA) is 120 Å². The van der Waals surface area contributed by atoms with E-state index in [1.807, 2.05) is 50.9 Å². The highest BCUT2D eigenvalue weighted by Crippen LogP contribution is 2.35. The summed E-state index contributed by atoms with van der Waals surface area (Å²) in [5.74, 6) is 0.168. The maximum absolute atomic E-state index is 13.0. The summed E-state index contributed by atoms with van der Waals surface area (Å²) in [6.45, 7) is 5.89. The van der Waals surface area contributed by atoms with Crippen LogP contribution in [0.3, 0.4) is 0 Å². The van der Waals surface area contributed by atoms with Gasteiger partial charge in [0.15, 0.2) is 0 Å². The molecule has 0 amide bonds. The van der Waals surface area contributed by atoms with Crippen molar-refractivity contribution in [2.75, 3.05) is 11.9 Å². The van der Waals surface area contributed by atoms with E-state index in [1.54, 1.807) is 25.4 Å². The van der Waals surface area contributed by atoms with Crippen LogP contribution < -0.4 is 10.5 Å². The molecule has 0 unspecified atom stereocenters. The third-order valence-corrected chi connectivity index (χ3v) is 6.77. The van der Waals surface area contributed by atoms with Crippen LogP contribution in [0, 0.1) is 28.6 Å². The second-order valence-corrected chi connectivity index (χ2v) is 10.4. The Hall–Kier alpha value is -4.24. The largest absolute Gasteiger partial charge is 0.390 e. The van der Waals surface area contributed by atoms with Crippen molar-refractivity contribution >= 4 is 22.4 Å². The van der Waals surface area contributed by atoms with E-state index in [0.29, 0.717) is 16.7 Å². The number of pyridine rings is 3. The molecule has 190 valence electrons. The molecule has 0 aliphatic heterocycles. The first-order valence-corrected chi connectivity index (χ1v) is 12.4. The molecule has 1 saturated carbocycles. The smallest absolute Gasteiger partial charge is 0.270 e. The monoisotopic (exact) mass is 497 g/mol. The van der Waals surface area contributed by atoms with Gasteiger partial charge in [0, 0.05) is 32.3 Å². The second kappa shape index (κ2) is 10.4. The van der Waals surface area contributed by atoms with Crippen molar-refractivity contribution in [1.29, 1.82) is 10.5 Å². The lowest BCUT2D eigenvalue weighted by Gasteiger charge is -2.37. The van der Waals surface area contributed by atoms with Crippen molar-refractivity contribution in [3.63, 3.8) is 0 Å². The van der Waals surface area contributed by atoms with Crippen LogP contribution in [-0.2, 0) is 11.9 Å². The molecule has 0 spiro atoms. The van der Waals surface area contributed by atoms with Crippen LogP contribution >= 0.6 is 0 Å². The van der Waals surface area contributed by atoms with Crippen LogP contribution in [0.5, 0.6) is 0 Å². The Morgan fingerprint density at radius 1 is 1.14 bits per heavy atom. The number of oxime groups is 1. The van der Waals surface area contributed by atoms with Crippen LogP contribution in [0.4, 0.5) is 5.69 Å².